The highest BCUT2D eigenvalue weighted by Crippen LogP contribution is 2.40. The first-order valence-electron chi connectivity index (χ1n) is 12.6. The first kappa shape index (κ1) is 25.8. The van der Waals surface area contributed by atoms with Gasteiger partial charge in [-0.2, -0.15) is 0 Å². The number of carbonyl (C=O) groups is 5. The second-order valence-electron chi connectivity index (χ2n) is 9.63. The van der Waals surface area contributed by atoms with E-state index in [4.69, 9.17) is 4.74 Å². The van der Waals surface area contributed by atoms with Crippen LogP contribution in [0.15, 0.2) is 90.5 Å². The van der Waals surface area contributed by atoms with Crippen LogP contribution in [-0.2, 0) is 14.3 Å². The molecule has 2 aliphatic rings. The molecule has 1 N–H and O–H groups in total. The van der Waals surface area contributed by atoms with Gasteiger partial charge in [-0.1, -0.05) is 54.1 Å². The number of anilines is 2. The van der Waals surface area contributed by atoms with Gasteiger partial charge in [-0.05, 0) is 56.2 Å². The maximum atomic E-state index is 13.2. The number of nitrogens with one attached hydrogen (secondary N) is 1. The molecule has 1 aliphatic carbocycles. The Morgan fingerprint density at radius 1 is 0.846 bits per heavy atom. The summed E-state index contributed by atoms with van der Waals surface area (Å²) in [6, 6.07) is 21.1. The van der Waals surface area contributed by atoms with Crippen LogP contribution in [0.5, 0.6) is 0 Å². The van der Waals surface area contributed by atoms with Crippen LogP contribution in [0.25, 0.3) is 0 Å². The zero-order chi connectivity index (χ0) is 27.5. The van der Waals surface area contributed by atoms with Crippen LogP contribution in [0.3, 0.4) is 0 Å². The summed E-state index contributed by atoms with van der Waals surface area (Å²) in [7, 11) is 0. The molecule has 5 rings (SSSR count). The highest BCUT2D eigenvalue weighted by atomic mass is 16.5. The van der Waals surface area contributed by atoms with Crippen molar-refractivity contribution >= 4 is 40.8 Å². The topological polar surface area (TPSA) is 110 Å². The third-order valence-electron chi connectivity index (χ3n) is 7.02. The van der Waals surface area contributed by atoms with E-state index in [0.29, 0.717) is 24.1 Å². The Kier molecular flexibility index (Phi) is 7.19. The molecule has 8 nitrogen and oxygen atoms in total. The lowest BCUT2D eigenvalue weighted by atomic mass is 9.82. The van der Waals surface area contributed by atoms with Gasteiger partial charge in [0.05, 0.1) is 28.7 Å². The highest BCUT2D eigenvalue weighted by molar-refractivity contribution is 6.25. The molecule has 1 aliphatic heterocycles. The van der Waals surface area contributed by atoms with E-state index in [1.54, 1.807) is 54.6 Å². The van der Waals surface area contributed by atoms with Crippen LogP contribution in [0.4, 0.5) is 11.4 Å². The molecule has 1 heterocycles. The standard InChI is InChI=1S/C31H26N2O6/c1-19-11-16-23-25(17-19)30(37)33(29(23)36)26-10-6-5-9-24(26)28(35)32-22-14-12-21(13-15-22)31(38)39-18-27(34)20-7-3-2-4-8-20/h2-15,23,25H,16-18H2,1H3,(H,32,35)/t23-,25-/m0/s1. The van der Waals surface area contributed by atoms with Crippen molar-refractivity contribution in [3.05, 3.63) is 107 Å². The average Bonchev–Trinajstić information content (AvgIpc) is 3.20. The van der Waals surface area contributed by atoms with Gasteiger partial charge in [0.25, 0.3) is 5.91 Å². The Morgan fingerprint density at radius 2 is 1.51 bits per heavy atom. The lowest BCUT2D eigenvalue weighted by Gasteiger charge is -2.19. The van der Waals surface area contributed by atoms with Crippen LogP contribution in [0.1, 0.15) is 50.8 Å². The number of Topliss-reactive ketones (excluding diaryl/α,β-unsaturated/α-hetero) is 1. The molecule has 3 amide bonds. The second kappa shape index (κ2) is 10.9. The van der Waals surface area contributed by atoms with Crippen LogP contribution in [-0.4, -0.2) is 36.1 Å². The van der Waals surface area contributed by atoms with Crippen LogP contribution in [0, 0.1) is 11.8 Å². The SMILES string of the molecule is CC1=CC[C@@H]2C(=O)N(c3ccccc3C(=O)Nc3ccc(C(=O)OCC(=O)c4ccccc4)cc3)C(=O)[C@H]2C1. The highest BCUT2D eigenvalue weighted by Gasteiger charge is 2.49. The Labute approximate surface area is 225 Å². The number of nitrogens with zero attached hydrogens (tertiary/aromatic N) is 1. The second-order valence-corrected chi connectivity index (χ2v) is 9.63. The van der Waals surface area contributed by atoms with Gasteiger partial charge in [-0.25, -0.2) is 9.69 Å². The molecule has 39 heavy (non-hydrogen) atoms. The summed E-state index contributed by atoms with van der Waals surface area (Å²) in [6.45, 7) is 1.57. The smallest absolute Gasteiger partial charge is 0.338 e. The molecule has 0 aromatic heterocycles. The van der Waals surface area contributed by atoms with E-state index >= 15 is 0 Å². The van der Waals surface area contributed by atoms with Crippen molar-refractivity contribution in [1.82, 2.24) is 0 Å². The fourth-order valence-corrected chi connectivity index (χ4v) is 4.95. The first-order chi connectivity index (χ1) is 18.8. The minimum Gasteiger partial charge on any atom is -0.454 e. The molecule has 1 fully saturated rings. The van der Waals surface area contributed by atoms with Gasteiger partial charge in [0.2, 0.25) is 11.8 Å². The molecule has 0 radical (unpaired) electrons. The molecule has 3 aromatic rings. The fraction of sp³-hybridized carbons (Fsp3) is 0.194. The number of para-hydroxylation sites is 1. The van der Waals surface area contributed by atoms with Crippen molar-refractivity contribution < 1.29 is 28.7 Å². The fourth-order valence-electron chi connectivity index (χ4n) is 4.95. The number of fused-ring (bicyclic) bond motifs is 1. The summed E-state index contributed by atoms with van der Waals surface area (Å²) in [5.74, 6) is -2.87. The Hall–Kier alpha value is -4.85. The first-order valence-corrected chi connectivity index (χ1v) is 12.6. The minimum atomic E-state index is -0.667. The molecule has 196 valence electrons. The summed E-state index contributed by atoms with van der Waals surface area (Å²) in [5, 5.41) is 2.75. The summed E-state index contributed by atoms with van der Waals surface area (Å²) < 4.78 is 5.13. The van der Waals surface area contributed by atoms with Gasteiger partial charge in [-0.3, -0.25) is 19.2 Å². The largest absolute Gasteiger partial charge is 0.454 e. The number of carbonyl (C=O) groups excluding carboxylic acids is 5. The predicted molar refractivity (Wildman–Crippen MR) is 144 cm³/mol. The average molecular weight is 523 g/mol. The molecule has 0 unspecified atom stereocenters. The third-order valence-corrected chi connectivity index (χ3v) is 7.02. The van der Waals surface area contributed by atoms with E-state index in [-0.39, 0.29) is 41.0 Å². The molecule has 3 aromatic carbocycles. The van der Waals surface area contributed by atoms with Gasteiger partial charge in [0.1, 0.15) is 0 Å². The van der Waals surface area contributed by atoms with Crippen LogP contribution < -0.4 is 10.2 Å². The minimum absolute atomic E-state index is 0.186. The third kappa shape index (κ3) is 5.27. The zero-order valence-corrected chi connectivity index (χ0v) is 21.3. The van der Waals surface area contributed by atoms with Crippen LogP contribution >= 0.6 is 0 Å². The molecule has 0 bridgehead atoms. The van der Waals surface area contributed by atoms with Gasteiger partial charge < -0.3 is 10.1 Å². The number of benzene rings is 3. The number of ether oxygens (including phenoxy) is 1. The van der Waals surface area contributed by atoms with Crippen molar-refractivity contribution in [2.24, 2.45) is 11.8 Å². The normalized spacial score (nSPS) is 18.3. The van der Waals surface area contributed by atoms with Crippen LogP contribution in [0.2, 0.25) is 0 Å². The van der Waals surface area contributed by atoms with Crippen molar-refractivity contribution in [1.29, 1.82) is 0 Å². The number of rotatable bonds is 7. The van der Waals surface area contributed by atoms with Crippen molar-refractivity contribution in [3.8, 4) is 0 Å². The van der Waals surface area contributed by atoms with Gasteiger partial charge in [0, 0.05) is 11.3 Å². The Bertz CT molecular complexity index is 1490. The van der Waals surface area contributed by atoms with Crippen molar-refractivity contribution in [2.75, 3.05) is 16.8 Å². The lowest BCUT2D eigenvalue weighted by molar-refractivity contribution is -0.122. The van der Waals surface area contributed by atoms with E-state index in [2.05, 4.69) is 5.32 Å². The number of hydrogen-bond acceptors (Lipinski definition) is 6. The quantitative estimate of drug-likeness (QED) is 0.206. The maximum Gasteiger partial charge on any atom is 0.338 e. The van der Waals surface area contributed by atoms with Gasteiger partial charge in [0.15, 0.2) is 12.4 Å². The van der Waals surface area contributed by atoms with E-state index in [0.717, 1.165) is 10.5 Å². The van der Waals surface area contributed by atoms with E-state index in [1.807, 2.05) is 13.0 Å². The number of esters is 1. The number of allylic oxidation sites excluding steroid dienone is 2. The maximum absolute atomic E-state index is 13.2. The molecular formula is C31H26N2O6. The molecule has 0 saturated carbocycles. The molecule has 8 heteroatoms. The molecule has 0 spiro atoms. The number of amides is 3. The number of ketones is 1. The zero-order valence-electron chi connectivity index (χ0n) is 21.3. The predicted octanol–water partition coefficient (Wildman–Crippen LogP) is 4.82. The molecular weight excluding hydrogens is 496 g/mol. The monoisotopic (exact) mass is 522 g/mol. The molecule has 2 atom stereocenters. The molecule has 1 saturated heterocycles. The van der Waals surface area contributed by atoms with E-state index in [9.17, 15) is 24.0 Å². The number of hydrogen-bond donors (Lipinski definition) is 1. The van der Waals surface area contributed by atoms with Crippen molar-refractivity contribution in [2.45, 2.75) is 19.8 Å². The Morgan fingerprint density at radius 3 is 2.26 bits per heavy atom. The van der Waals surface area contributed by atoms with Gasteiger partial charge >= 0.3 is 5.97 Å². The van der Waals surface area contributed by atoms with Crippen molar-refractivity contribution in [3.63, 3.8) is 0 Å². The summed E-state index contributed by atoms with van der Waals surface area (Å²) in [6.07, 6.45) is 3.05. The summed E-state index contributed by atoms with van der Waals surface area (Å²) >= 11 is 0. The summed E-state index contributed by atoms with van der Waals surface area (Å²) in [5.41, 5.74) is 2.59. The lowest BCUT2D eigenvalue weighted by Crippen LogP contribution is -2.33. The summed E-state index contributed by atoms with van der Waals surface area (Å²) in [4.78, 5) is 65.2. The van der Waals surface area contributed by atoms with E-state index < -0.39 is 23.7 Å². The van der Waals surface area contributed by atoms with E-state index in [1.165, 1.54) is 24.3 Å². The number of imide groups is 1. The van der Waals surface area contributed by atoms with Gasteiger partial charge in [-0.15, -0.1) is 0 Å². The Balaban J connectivity index is 1.25.